The summed E-state index contributed by atoms with van der Waals surface area (Å²) in [5, 5.41) is 9.74. The molecule has 0 aliphatic carbocycles. The van der Waals surface area contributed by atoms with E-state index in [1.54, 1.807) is 0 Å². The van der Waals surface area contributed by atoms with Gasteiger partial charge in [0.15, 0.2) is 0 Å². The van der Waals surface area contributed by atoms with Crippen LogP contribution >= 0.6 is 0 Å². The van der Waals surface area contributed by atoms with Gasteiger partial charge in [-0.15, -0.1) is 0 Å². The molecule has 0 fully saturated rings. The molecule has 0 amide bonds. The molecule has 2 heteroatoms. The lowest BCUT2D eigenvalue weighted by Gasteiger charge is -2.40. The Bertz CT molecular complexity index is 529. The average molecular weight is 460 g/mol. The van der Waals surface area contributed by atoms with Crippen LogP contribution in [0.1, 0.15) is 141 Å². The molecule has 1 atom stereocenters. The van der Waals surface area contributed by atoms with Crippen LogP contribution in [0.3, 0.4) is 0 Å². The number of hydrogen-bond donors (Lipinski definition) is 1. The third-order valence-corrected chi connectivity index (χ3v) is 7.64. The van der Waals surface area contributed by atoms with Crippen molar-refractivity contribution in [1.29, 1.82) is 0 Å². The van der Waals surface area contributed by atoms with Crippen molar-refractivity contribution >= 4 is 0 Å². The van der Waals surface area contributed by atoms with Gasteiger partial charge in [-0.25, -0.2) is 0 Å². The van der Waals surface area contributed by atoms with Gasteiger partial charge in [0.2, 0.25) is 0 Å². The summed E-state index contributed by atoms with van der Waals surface area (Å²) in [5.41, 5.74) is 1.31. The lowest BCUT2D eigenvalue weighted by atomic mass is 9.81. The van der Waals surface area contributed by atoms with Gasteiger partial charge in [0.1, 0.15) is 0 Å². The molecule has 0 aromatic heterocycles. The predicted molar refractivity (Wildman–Crippen MR) is 147 cm³/mol. The Morgan fingerprint density at radius 1 is 0.576 bits per heavy atom. The molecule has 0 aliphatic rings. The maximum Gasteiger partial charge on any atom is 0.0476 e. The Labute approximate surface area is 207 Å². The molecule has 0 bridgehead atoms. The van der Waals surface area contributed by atoms with E-state index >= 15 is 0 Å². The van der Waals surface area contributed by atoms with Crippen LogP contribution in [0.5, 0.6) is 0 Å². The summed E-state index contributed by atoms with van der Waals surface area (Å²) in [6.45, 7) is 2.54. The molecular formula is C31H57NO. The number of aliphatic hydroxyl groups excluding tert-OH is 1. The molecular weight excluding hydrogens is 402 g/mol. The van der Waals surface area contributed by atoms with Crippen molar-refractivity contribution in [3.8, 4) is 0 Å². The topological polar surface area (TPSA) is 23.5 Å². The number of benzene rings is 1. The Balaban J connectivity index is 2.01. The third-order valence-electron chi connectivity index (χ3n) is 7.64. The molecule has 33 heavy (non-hydrogen) atoms. The molecule has 1 aromatic rings. The minimum Gasteiger partial charge on any atom is -0.396 e. The highest BCUT2D eigenvalue weighted by molar-refractivity contribution is 5.24. The number of aliphatic hydroxyl groups is 1. The second-order valence-electron chi connectivity index (χ2n) is 10.5. The highest BCUT2D eigenvalue weighted by Crippen LogP contribution is 2.35. The van der Waals surface area contributed by atoms with Crippen LogP contribution in [0.15, 0.2) is 30.3 Å². The second kappa shape index (κ2) is 20.5. The van der Waals surface area contributed by atoms with Gasteiger partial charge in [-0.3, -0.25) is 4.90 Å². The lowest BCUT2D eigenvalue weighted by molar-refractivity contribution is 0.0934. The van der Waals surface area contributed by atoms with E-state index in [-0.39, 0.29) is 12.1 Å². The zero-order valence-electron chi connectivity index (χ0n) is 22.6. The summed E-state index contributed by atoms with van der Waals surface area (Å²) in [5.74, 6) is 0. The normalized spacial score (nSPS) is 13.5. The summed E-state index contributed by atoms with van der Waals surface area (Å²) >= 11 is 0. The first-order chi connectivity index (χ1) is 16.2. The molecule has 1 rings (SSSR count). The molecule has 0 heterocycles. The van der Waals surface area contributed by atoms with Gasteiger partial charge in [0.05, 0.1) is 0 Å². The Hall–Kier alpha value is -0.860. The van der Waals surface area contributed by atoms with Crippen molar-refractivity contribution < 1.29 is 5.11 Å². The van der Waals surface area contributed by atoms with Crippen molar-refractivity contribution in [1.82, 2.24) is 4.90 Å². The Morgan fingerprint density at radius 2 is 0.970 bits per heavy atom. The van der Waals surface area contributed by atoms with Gasteiger partial charge in [0, 0.05) is 12.1 Å². The van der Waals surface area contributed by atoms with E-state index in [9.17, 15) is 5.11 Å². The minimum absolute atomic E-state index is 0.0366. The SMILES string of the molecule is CCCCCCCCCCCCCCCCCCCCC(CCO)(c1ccccc1)N(C)C. The van der Waals surface area contributed by atoms with Crippen LogP contribution in [0.2, 0.25) is 0 Å². The number of hydrogen-bond acceptors (Lipinski definition) is 2. The fraction of sp³-hybridized carbons (Fsp3) is 0.806. The zero-order chi connectivity index (χ0) is 24.0. The molecule has 0 spiro atoms. The summed E-state index contributed by atoms with van der Waals surface area (Å²) in [7, 11) is 4.33. The molecule has 0 radical (unpaired) electrons. The van der Waals surface area contributed by atoms with Crippen molar-refractivity contribution in [2.24, 2.45) is 0 Å². The zero-order valence-corrected chi connectivity index (χ0v) is 22.6. The number of nitrogens with zero attached hydrogens (tertiary/aromatic N) is 1. The van der Waals surface area contributed by atoms with E-state index < -0.39 is 0 Å². The molecule has 1 unspecified atom stereocenters. The standard InChI is InChI=1S/C31H57NO/c1-4-5-6-7-8-9-10-11-12-13-14-15-16-17-18-19-20-24-27-31(28-29-33,32(2)3)30-25-22-21-23-26-30/h21-23,25-26,33H,4-20,24,27-29H2,1-3H3. The van der Waals surface area contributed by atoms with E-state index in [0.717, 1.165) is 12.8 Å². The van der Waals surface area contributed by atoms with E-state index in [2.05, 4.69) is 56.3 Å². The van der Waals surface area contributed by atoms with Gasteiger partial charge < -0.3 is 5.11 Å². The molecule has 0 saturated carbocycles. The van der Waals surface area contributed by atoms with E-state index in [1.807, 2.05) is 0 Å². The van der Waals surface area contributed by atoms with E-state index in [0.29, 0.717) is 0 Å². The lowest BCUT2D eigenvalue weighted by Crippen LogP contribution is -2.42. The molecule has 0 aliphatic heterocycles. The third kappa shape index (κ3) is 13.6. The van der Waals surface area contributed by atoms with Gasteiger partial charge >= 0.3 is 0 Å². The first-order valence-corrected chi connectivity index (χ1v) is 14.5. The molecule has 1 N–H and O–H groups in total. The van der Waals surface area contributed by atoms with Gasteiger partial charge in [0.25, 0.3) is 0 Å². The van der Waals surface area contributed by atoms with Gasteiger partial charge in [-0.2, -0.15) is 0 Å². The maximum absolute atomic E-state index is 9.74. The van der Waals surface area contributed by atoms with Crippen LogP contribution in [0.25, 0.3) is 0 Å². The largest absolute Gasteiger partial charge is 0.396 e. The first-order valence-electron chi connectivity index (χ1n) is 14.5. The van der Waals surface area contributed by atoms with Crippen molar-refractivity contribution in [3.63, 3.8) is 0 Å². The number of unbranched alkanes of at least 4 members (excludes halogenated alkanes) is 17. The van der Waals surface area contributed by atoms with Crippen molar-refractivity contribution in [2.75, 3.05) is 20.7 Å². The van der Waals surface area contributed by atoms with Crippen LogP contribution < -0.4 is 0 Å². The first kappa shape index (κ1) is 30.2. The summed E-state index contributed by atoms with van der Waals surface area (Å²) in [6.07, 6.45) is 27.4. The van der Waals surface area contributed by atoms with Crippen molar-refractivity contribution in [2.45, 2.75) is 141 Å². The fourth-order valence-corrected chi connectivity index (χ4v) is 5.37. The van der Waals surface area contributed by atoms with Crippen molar-refractivity contribution in [3.05, 3.63) is 35.9 Å². The Kier molecular flexibility index (Phi) is 18.7. The Morgan fingerprint density at radius 3 is 1.33 bits per heavy atom. The minimum atomic E-state index is -0.0366. The van der Waals surface area contributed by atoms with Gasteiger partial charge in [-0.1, -0.05) is 153 Å². The monoisotopic (exact) mass is 459 g/mol. The highest BCUT2D eigenvalue weighted by atomic mass is 16.3. The van der Waals surface area contributed by atoms with Crippen LogP contribution in [-0.4, -0.2) is 30.7 Å². The highest BCUT2D eigenvalue weighted by Gasteiger charge is 2.33. The molecule has 0 saturated heterocycles. The summed E-state index contributed by atoms with van der Waals surface area (Å²) in [6, 6.07) is 10.8. The summed E-state index contributed by atoms with van der Waals surface area (Å²) in [4.78, 5) is 2.33. The fourth-order valence-electron chi connectivity index (χ4n) is 5.37. The average Bonchev–Trinajstić information content (AvgIpc) is 2.83. The second-order valence-corrected chi connectivity index (χ2v) is 10.5. The molecule has 192 valence electrons. The maximum atomic E-state index is 9.74. The van der Waals surface area contributed by atoms with Crippen LogP contribution in [0, 0.1) is 0 Å². The quantitative estimate of drug-likeness (QED) is 0.165. The van der Waals surface area contributed by atoms with Crippen LogP contribution in [0.4, 0.5) is 0 Å². The molecule has 1 aromatic carbocycles. The smallest absolute Gasteiger partial charge is 0.0476 e. The molecule has 2 nitrogen and oxygen atoms in total. The predicted octanol–water partition coefficient (Wildman–Crippen LogP) is 9.26. The van der Waals surface area contributed by atoms with Crippen LogP contribution in [-0.2, 0) is 5.54 Å². The summed E-state index contributed by atoms with van der Waals surface area (Å²) < 4.78 is 0. The number of rotatable bonds is 23. The van der Waals surface area contributed by atoms with Gasteiger partial charge in [-0.05, 0) is 32.5 Å². The van der Waals surface area contributed by atoms with E-state index in [1.165, 1.54) is 121 Å². The van der Waals surface area contributed by atoms with E-state index in [4.69, 9.17) is 0 Å².